The highest BCUT2D eigenvalue weighted by molar-refractivity contribution is 14.0. The first-order valence-electron chi connectivity index (χ1n) is 7.69. The molecular weight excluding hydrogens is 379 g/mol. The van der Waals surface area contributed by atoms with Crippen LogP contribution in [-0.4, -0.2) is 24.7 Å². The Labute approximate surface area is 144 Å². The molecule has 21 heavy (non-hydrogen) atoms. The number of nitrogens with one attached hydrogen (secondary N) is 2. The Hall–Kier alpha value is -0.790. The minimum Gasteiger partial charge on any atom is -0.361 e. The van der Waals surface area contributed by atoms with Gasteiger partial charge in [0.1, 0.15) is 5.76 Å². The molecule has 1 saturated carbocycles. The van der Waals surface area contributed by atoms with Gasteiger partial charge in [-0.3, -0.25) is 4.99 Å². The van der Waals surface area contributed by atoms with Crippen molar-refractivity contribution in [3.05, 3.63) is 17.0 Å². The number of halogens is 1. The van der Waals surface area contributed by atoms with Crippen molar-refractivity contribution in [1.82, 2.24) is 15.8 Å². The van der Waals surface area contributed by atoms with Crippen LogP contribution in [0.2, 0.25) is 0 Å². The van der Waals surface area contributed by atoms with E-state index in [0.717, 1.165) is 49.3 Å². The molecule has 0 bridgehead atoms. The van der Waals surface area contributed by atoms with Gasteiger partial charge in [0.2, 0.25) is 0 Å². The fraction of sp³-hybridized carbons (Fsp3) is 0.733. The van der Waals surface area contributed by atoms with Crippen molar-refractivity contribution in [3.63, 3.8) is 0 Å². The van der Waals surface area contributed by atoms with Crippen molar-refractivity contribution in [2.45, 2.75) is 52.5 Å². The maximum absolute atomic E-state index is 5.37. The molecule has 2 N–H and O–H groups in total. The highest BCUT2D eigenvalue weighted by Gasteiger charge is 2.20. The van der Waals surface area contributed by atoms with Gasteiger partial charge in [0.25, 0.3) is 0 Å². The van der Waals surface area contributed by atoms with E-state index in [4.69, 9.17) is 4.52 Å². The van der Waals surface area contributed by atoms with E-state index in [1.807, 2.05) is 7.05 Å². The number of rotatable bonds is 7. The van der Waals surface area contributed by atoms with Crippen molar-refractivity contribution in [1.29, 1.82) is 0 Å². The average molecular weight is 406 g/mol. The Bertz CT molecular complexity index is 433. The van der Waals surface area contributed by atoms with Crippen molar-refractivity contribution < 1.29 is 4.52 Å². The number of hydrogen-bond donors (Lipinski definition) is 2. The molecule has 1 heterocycles. The largest absolute Gasteiger partial charge is 0.361 e. The minimum absolute atomic E-state index is 0. The van der Waals surface area contributed by atoms with E-state index in [1.54, 1.807) is 0 Å². The van der Waals surface area contributed by atoms with Gasteiger partial charge in [0.05, 0.1) is 5.69 Å². The van der Waals surface area contributed by atoms with Crippen LogP contribution in [0.5, 0.6) is 0 Å². The molecule has 0 aliphatic heterocycles. The molecule has 0 radical (unpaired) electrons. The maximum Gasteiger partial charge on any atom is 0.191 e. The van der Waals surface area contributed by atoms with Crippen LogP contribution in [0.1, 0.15) is 50.1 Å². The lowest BCUT2D eigenvalue weighted by molar-refractivity contribution is 0.380. The standard InChI is InChI=1S/C15H26N4O.HI/c1-4-13-12(14(5-2)20-19-13)10-18-15(16-3)17-9-8-11-6-7-11;/h11H,4-10H2,1-3H3,(H2,16,17,18);1H. The Morgan fingerprint density at radius 1 is 1.29 bits per heavy atom. The molecule has 5 nitrogen and oxygen atoms in total. The molecule has 0 aromatic carbocycles. The van der Waals surface area contributed by atoms with Crippen molar-refractivity contribution in [2.24, 2.45) is 10.9 Å². The Balaban J connectivity index is 0.00000220. The van der Waals surface area contributed by atoms with Crippen LogP contribution in [0, 0.1) is 5.92 Å². The molecule has 0 saturated heterocycles. The third-order valence-electron chi connectivity index (χ3n) is 3.81. The molecule has 0 atom stereocenters. The summed E-state index contributed by atoms with van der Waals surface area (Å²) in [5.74, 6) is 2.77. The third-order valence-corrected chi connectivity index (χ3v) is 3.81. The molecule has 120 valence electrons. The monoisotopic (exact) mass is 406 g/mol. The first-order chi connectivity index (χ1) is 9.78. The Kier molecular flexibility index (Phi) is 8.06. The fourth-order valence-corrected chi connectivity index (χ4v) is 2.33. The average Bonchev–Trinajstić information content (AvgIpc) is 3.21. The van der Waals surface area contributed by atoms with Crippen LogP contribution < -0.4 is 10.6 Å². The fourth-order valence-electron chi connectivity index (χ4n) is 2.33. The summed E-state index contributed by atoms with van der Waals surface area (Å²) < 4.78 is 5.37. The van der Waals surface area contributed by atoms with E-state index < -0.39 is 0 Å². The zero-order chi connectivity index (χ0) is 14.4. The zero-order valence-corrected chi connectivity index (χ0v) is 15.6. The SMILES string of the molecule is CCc1noc(CC)c1CNC(=NC)NCCC1CC1.I. The van der Waals surface area contributed by atoms with Crippen molar-refractivity contribution in [3.8, 4) is 0 Å². The van der Waals surface area contributed by atoms with Crippen LogP contribution in [0.4, 0.5) is 0 Å². The summed E-state index contributed by atoms with van der Waals surface area (Å²) in [6.07, 6.45) is 5.81. The van der Waals surface area contributed by atoms with Crippen LogP contribution in [0.15, 0.2) is 9.52 Å². The molecule has 6 heteroatoms. The third kappa shape index (κ3) is 5.48. The molecule has 1 aromatic rings. The van der Waals surface area contributed by atoms with Gasteiger partial charge in [-0.15, -0.1) is 24.0 Å². The molecule has 1 aromatic heterocycles. The van der Waals surface area contributed by atoms with Gasteiger partial charge in [-0.25, -0.2) is 0 Å². The Morgan fingerprint density at radius 2 is 2.05 bits per heavy atom. The van der Waals surface area contributed by atoms with Gasteiger partial charge < -0.3 is 15.2 Å². The van der Waals surface area contributed by atoms with E-state index in [-0.39, 0.29) is 24.0 Å². The number of guanidine groups is 1. The normalized spacial score (nSPS) is 14.7. The molecule has 2 rings (SSSR count). The topological polar surface area (TPSA) is 62.5 Å². The summed E-state index contributed by atoms with van der Waals surface area (Å²) in [6.45, 7) is 5.91. The summed E-state index contributed by atoms with van der Waals surface area (Å²) in [7, 11) is 1.81. The van der Waals surface area contributed by atoms with Gasteiger partial charge in [-0.2, -0.15) is 0 Å². The number of hydrogen-bond acceptors (Lipinski definition) is 3. The number of aromatic nitrogens is 1. The summed E-state index contributed by atoms with van der Waals surface area (Å²) in [6, 6.07) is 0. The highest BCUT2D eigenvalue weighted by Crippen LogP contribution is 2.31. The predicted molar refractivity (Wildman–Crippen MR) is 96.2 cm³/mol. The van der Waals surface area contributed by atoms with Crippen LogP contribution in [0.3, 0.4) is 0 Å². The Morgan fingerprint density at radius 3 is 2.62 bits per heavy atom. The summed E-state index contributed by atoms with van der Waals surface area (Å²) in [5.41, 5.74) is 2.22. The van der Waals surface area contributed by atoms with Crippen LogP contribution >= 0.6 is 24.0 Å². The van der Waals surface area contributed by atoms with Gasteiger partial charge in [-0.05, 0) is 18.8 Å². The summed E-state index contributed by atoms with van der Waals surface area (Å²) in [4.78, 5) is 4.26. The molecule has 0 amide bonds. The van der Waals surface area contributed by atoms with Crippen molar-refractivity contribution >= 4 is 29.9 Å². The molecule has 0 unspecified atom stereocenters. The van der Waals surface area contributed by atoms with E-state index in [9.17, 15) is 0 Å². The zero-order valence-electron chi connectivity index (χ0n) is 13.2. The van der Waals surface area contributed by atoms with Crippen LogP contribution in [0.25, 0.3) is 0 Å². The van der Waals surface area contributed by atoms with Gasteiger partial charge in [0.15, 0.2) is 5.96 Å². The second-order valence-electron chi connectivity index (χ2n) is 5.32. The first-order valence-corrected chi connectivity index (χ1v) is 7.69. The second-order valence-corrected chi connectivity index (χ2v) is 5.32. The number of aryl methyl sites for hydroxylation is 2. The molecule has 0 spiro atoms. The smallest absolute Gasteiger partial charge is 0.191 e. The van der Waals surface area contributed by atoms with E-state index in [2.05, 4.69) is 34.6 Å². The number of aliphatic imine (C=N–C) groups is 1. The minimum atomic E-state index is 0. The van der Waals surface area contributed by atoms with Crippen molar-refractivity contribution in [2.75, 3.05) is 13.6 Å². The quantitative estimate of drug-likeness (QED) is 0.415. The molecule has 1 fully saturated rings. The van der Waals surface area contributed by atoms with Gasteiger partial charge in [0, 0.05) is 32.1 Å². The second kappa shape index (κ2) is 9.27. The summed E-state index contributed by atoms with van der Waals surface area (Å²) >= 11 is 0. The maximum atomic E-state index is 5.37. The predicted octanol–water partition coefficient (Wildman–Crippen LogP) is 2.88. The van der Waals surface area contributed by atoms with E-state index in [0.29, 0.717) is 0 Å². The van der Waals surface area contributed by atoms with Gasteiger partial charge in [-0.1, -0.05) is 31.8 Å². The molecular formula is C15H27IN4O. The lowest BCUT2D eigenvalue weighted by Gasteiger charge is -2.11. The molecule has 1 aliphatic rings. The van der Waals surface area contributed by atoms with Gasteiger partial charge >= 0.3 is 0 Å². The summed E-state index contributed by atoms with van der Waals surface area (Å²) in [5, 5.41) is 10.8. The molecule has 1 aliphatic carbocycles. The number of nitrogens with zero attached hydrogens (tertiary/aromatic N) is 2. The lowest BCUT2D eigenvalue weighted by atomic mass is 10.1. The van der Waals surface area contributed by atoms with E-state index in [1.165, 1.54) is 24.8 Å². The highest BCUT2D eigenvalue weighted by atomic mass is 127. The lowest BCUT2D eigenvalue weighted by Crippen LogP contribution is -2.37. The van der Waals surface area contributed by atoms with E-state index >= 15 is 0 Å². The first kappa shape index (κ1) is 18.3. The van der Waals surface area contributed by atoms with Crippen LogP contribution in [-0.2, 0) is 19.4 Å².